The van der Waals surface area contributed by atoms with Gasteiger partial charge in [-0.1, -0.05) is 60.7 Å². The van der Waals surface area contributed by atoms with Crippen molar-refractivity contribution in [2.24, 2.45) is 0 Å². The van der Waals surface area contributed by atoms with Crippen LogP contribution in [0.1, 0.15) is 22.9 Å². The molecule has 2 aromatic carbocycles. The van der Waals surface area contributed by atoms with Gasteiger partial charge in [0.15, 0.2) is 0 Å². The number of rotatable bonds is 5. The second-order valence-electron chi connectivity index (χ2n) is 8.17. The number of aryl methyl sites for hydroxylation is 1. The largest absolute Gasteiger partial charge is 0.353 e. The number of anilines is 1. The average molecular weight is 439 g/mol. The van der Waals surface area contributed by atoms with Gasteiger partial charge in [-0.25, -0.2) is 15.0 Å². The normalized spacial score (nSPS) is 14.0. The Balaban J connectivity index is 1.34. The van der Waals surface area contributed by atoms with Crippen molar-refractivity contribution in [3.63, 3.8) is 0 Å². The summed E-state index contributed by atoms with van der Waals surface area (Å²) in [7, 11) is 0. The number of hydrogen-bond donors (Lipinski definition) is 0. The Labute approximate surface area is 193 Å². The summed E-state index contributed by atoms with van der Waals surface area (Å²) < 4.78 is 1.88. The summed E-state index contributed by atoms with van der Waals surface area (Å²) in [5.41, 5.74) is 2.04. The van der Waals surface area contributed by atoms with Crippen LogP contribution in [0.4, 0.5) is 5.82 Å². The van der Waals surface area contributed by atoms with Crippen molar-refractivity contribution in [2.45, 2.75) is 12.8 Å². The van der Waals surface area contributed by atoms with Gasteiger partial charge in [-0.15, -0.1) is 0 Å². The fourth-order valence-corrected chi connectivity index (χ4v) is 4.33. The van der Waals surface area contributed by atoms with Crippen molar-refractivity contribution < 1.29 is 4.79 Å². The zero-order valence-corrected chi connectivity index (χ0v) is 18.6. The molecule has 2 aromatic heterocycles. The van der Waals surface area contributed by atoms with Gasteiger partial charge in [-0.2, -0.15) is 0 Å². The van der Waals surface area contributed by atoms with Gasteiger partial charge < -0.3 is 9.80 Å². The van der Waals surface area contributed by atoms with Crippen LogP contribution in [0.25, 0.3) is 5.82 Å². The smallest absolute Gasteiger partial charge is 0.234 e. The molecular formula is C26H26N6O. The predicted molar refractivity (Wildman–Crippen MR) is 127 cm³/mol. The van der Waals surface area contributed by atoms with E-state index in [1.807, 2.05) is 89.3 Å². The highest BCUT2D eigenvalue weighted by Crippen LogP contribution is 2.28. The molecule has 7 heteroatoms. The molecule has 0 N–H and O–H groups in total. The Hall–Kier alpha value is -4.00. The lowest BCUT2D eigenvalue weighted by atomic mass is 9.90. The Morgan fingerprint density at radius 1 is 0.848 bits per heavy atom. The van der Waals surface area contributed by atoms with Crippen LogP contribution in [0.3, 0.4) is 0 Å². The first-order chi connectivity index (χ1) is 16.2. The third-order valence-electron chi connectivity index (χ3n) is 6.01. The molecule has 0 atom stereocenters. The monoisotopic (exact) mass is 438 g/mol. The molecule has 3 heterocycles. The topological polar surface area (TPSA) is 67.2 Å². The molecule has 1 saturated heterocycles. The summed E-state index contributed by atoms with van der Waals surface area (Å²) in [4.78, 5) is 31.2. The van der Waals surface area contributed by atoms with E-state index in [0.29, 0.717) is 18.9 Å². The summed E-state index contributed by atoms with van der Waals surface area (Å²) in [5, 5.41) is 0. The highest BCUT2D eigenvalue weighted by atomic mass is 16.2. The summed E-state index contributed by atoms with van der Waals surface area (Å²) in [6.07, 6.45) is 5.34. The number of piperazine rings is 1. The van der Waals surface area contributed by atoms with Crippen molar-refractivity contribution in [2.75, 3.05) is 31.1 Å². The SMILES string of the molecule is Cc1nc(N2CCN(C(=O)C(c3ccccc3)c3ccccc3)CC2)cc(-n2ccnc2)n1. The molecule has 0 radical (unpaired) electrons. The first-order valence-electron chi connectivity index (χ1n) is 11.2. The van der Waals surface area contributed by atoms with Gasteiger partial charge in [-0.3, -0.25) is 9.36 Å². The number of imidazole rings is 1. The third-order valence-corrected chi connectivity index (χ3v) is 6.01. The Bertz CT molecular complexity index is 1160. The number of nitrogens with zero attached hydrogens (tertiary/aromatic N) is 6. The van der Waals surface area contributed by atoms with Gasteiger partial charge in [0, 0.05) is 44.6 Å². The molecule has 166 valence electrons. The molecule has 5 rings (SSSR count). The van der Waals surface area contributed by atoms with Crippen LogP contribution in [0.2, 0.25) is 0 Å². The van der Waals surface area contributed by atoms with Crippen molar-refractivity contribution in [1.82, 2.24) is 24.4 Å². The van der Waals surface area contributed by atoms with Crippen LogP contribution >= 0.6 is 0 Å². The zero-order chi connectivity index (χ0) is 22.6. The van der Waals surface area contributed by atoms with E-state index in [1.165, 1.54) is 0 Å². The number of amides is 1. The minimum Gasteiger partial charge on any atom is -0.353 e. The quantitative estimate of drug-likeness (QED) is 0.477. The molecule has 1 fully saturated rings. The molecule has 7 nitrogen and oxygen atoms in total. The summed E-state index contributed by atoms with van der Waals surface area (Å²) >= 11 is 0. The Kier molecular flexibility index (Phi) is 5.85. The molecular weight excluding hydrogens is 412 g/mol. The number of benzene rings is 2. The molecule has 1 aliphatic rings. The van der Waals surface area contributed by atoms with Gasteiger partial charge in [0.1, 0.15) is 23.8 Å². The van der Waals surface area contributed by atoms with Gasteiger partial charge in [0.2, 0.25) is 5.91 Å². The minimum absolute atomic E-state index is 0.144. The van der Waals surface area contributed by atoms with Crippen LogP contribution in [-0.2, 0) is 4.79 Å². The number of aromatic nitrogens is 4. The van der Waals surface area contributed by atoms with E-state index < -0.39 is 0 Å². The molecule has 1 aliphatic heterocycles. The van der Waals surface area contributed by atoms with Crippen LogP contribution in [-0.4, -0.2) is 56.5 Å². The van der Waals surface area contributed by atoms with Gasteiger partial charge in [0.25, 0.3) is 0 Å². The van der Waals surface area contributed by atoms with Crippen LogP contribution in [0.5, 0.6) is 0 Å². The predicted octanol–water partition coefficient (Wildman–Crippen LogP) is 3.45. The Morgan fingerprint density at radius 3 is 2.03 bits per heavy atom. The van der Waals surface area contributed by atoms with E-state index in [4.69, 9.17) is 0 Å². The lowest BCUT2D eigenvalue weighted by Crippen LogP contribution is -2.50. The standard InChI is InChI=1S/C26H26N6O/c1-20-28-23(18-24(29-20)32-13-12-27-19-32)30-14-16-31(17-15-30)26(33)25(21-8-4-2-5-9-21)22-10-6-3-7-11-22/h2-13,18-19,25H,14-17H2,1H3. The van der Waals surface area contributed by atoms with E-state index in [2.05, 4.69) is 19.9 Å². The third kappa shape index (κ3) is 4.48. The zero-order valence-electron chi connectivity index (χ0n) is 18.6. The first-order valence-corrected chi connectivity index (χ1v) is 11.2. The molecule has 0 bridgehead atoms. The molecule has 0 unspecified atom stereocenters. The molecule has 1 amide bonds. The van der Waals surface area contributed by atoms with Gasteiger partial charge >= 0.3 is 0 Å². The number of carbonyl (C=O) groups excluding carboxylic acids is 1. The van der Waals surface area contributed by atoms with Crippen LogP contribution < -0.4 is 4.90 Å². The Morgan fingerprint density at radius 2 is 1.45 bits per heavy atom. The van der Waals surface area contributed by atoms with Crippen molar-refractivity contribution in [3.8, 4) is 5.82 Å². The van der Waals surface area contributed by atoms with E-state index in [1.54, 1.807) is 12.5 Å². The second kappa shape index (κ2) is 9.24. The molecule has 4 aromatic rings. The molecule has 0 saturated carbocycles. The number of carbonyl (C=O) groups is 1. The minimum atomic E-state index is -0.298. The van der Waals surface area contributed by atoms with Crippen LogP contribution in [0, 0.1) is 6.92 Å². The lowest BCUT2D eigenvalue weighted by Gasteiger charge is -2.37. The summed E-state index contributed by atoms with van der Waals surface area (Å²) in [6.45, 7) is 4.65. The lowest BCUT2D eigenvalue weighted by molar-refractivity contribution is -0.132. The fraction of sp³-hybridized carbons (Fsp3) is 0.231. The number of hydrogen-bond acceptors (Lipinski definition) is 5. The maximum absolute atomic E-state index is 13.7. The summed E-state index contributed by atoms with van der Waals surface area (Å²) in [6, 6.07) is 22.0. The van der Waals surface area contributed by atoms with Gasteiger partial charge in [-0.05, 0) is 18.1 Å². The van der Waals surface area contributed by atoms with Crippen molar-refractivity contribution in [1.29, 1.82) is 0 Å². The molecule has 0 spiro atoms. The first kappa shape index (κ1) is 20.9. The van der Waals surface area contributed by atoms with E-state index in [9.17, 15) is 4.79 Å². The maximum Gasteiger partial charge on any atom is 0.234 e. The van der Waals surface area contributed by atoms with Crippen LogP contribution in [0.15, 0.2) is 85.5 Å². The van der Waals surface area contributed by atoms with E-state index in [0.717, 1.165) is 35.9 Å². The van der Waals surface area contributed by atoms with E-state index >= 15 is 0 Å². The van der Waals surface area contributed by atoms with Gasteiger partial charge in [0.05, 0.1) is 5.92 Å². The van der Waals surface area contributed by atoms with Crippen molar-refractivity contribution >= 4 is 11.7 Å². The highest BCUT2D eigenvalue weighted by Gasteiger charge is 2.30. The average Bonchev–Trinajstić information content (AvgIpc) is 3.41. The second-order valence-corrected chi connectivity index (χ2v) is 8.17. The highest BCUT2D eigenvalue weighted by molar-refractivity contribution is 5.87. The maximum atomic E-state index is 13.7. The van der Waals surface area contributed by atoms with Crippen molar-refractivity contribution in [3.05, 3.63) is 102 Å². The fourth-order valence-electron chi connectivity index (χ4n) is 4.33. The summed E-state index contributed by atoms with van der Waals surface area (Å²) in [5.74, 6) is 2.23. The molecule has 33 heavy (non-hydrogen) atoms. The van der Waals surface area contributed by atoms with E-state index in [-0.39, 0.29) is 11.8 Å². The molecule has 0 aliphatic carbocycles.